The third kappa shape index (κ3) is 2.00. The summed E-state index contributed by atoms with van der Waals surface area (Å²) in [7, 11) is 1.73. The van der Waals surface area contributed by atoms with Gasteiger partial charge in [-0.15, -0.1) is 0 Å². The first kappa shape index (κ1) is 10.5. The van der Waals surface area contributed by atoms with Crippen molar-refractivity contribution < 1.29 is 4.74 Å². The van der Waals surface area contributed by atoms with Crippen LogP contribution in [0.5, 0.6) is 5.75 Å². The second kappa shape index (κ2) is 4.23. The Balaban J connectivity index is 2.37. The molecule has 2 nitrogen and oxygen atoms in total. The average Bonchev–Trinajstić information content (AvgIpc) is 2.69. The molecule has 0 saturated carbocycles. The average molecular weight is 205 g/mol. The summed E-state index contributed by atoms with van der Waals surface area (Å²) >= 11 is 0. The molecular weight excluding hydrogens is 186 g/mol. The summed E-state index contributed by atoms with van der Waals surface area (Å²) < 4.78 is 5.28. The van der Waals surface area contributed by atoms with Crippen LogP contribution in [0, 0.1) is 13.8 Å². The molecule has 82 valence electrons. The minimum Gasteiger partial charge on any atom is -0.497 e. The van der Waals surface area contributed by atoms with Crippen LogP contribution in [-0.2, 0) is 0 Å². The van der Waals surface area contributed by atoms with E-state index >= 15 is 0 Å². The molecule has 1 fully saturated rings. The summed E-state index contributed by atoms with van der Waals surface area (Å²) in [5.41, 5.74) is 4.24. The van der Waals surface area contributed by atoms with Gasteiger partial charge in [0.2, 0.25) is 0 Å². The summed E-state index contributed by atoms with van der Waals surface area (Å²) in [6, 6.07) is 4.28. The van der Waals surface area contributed by atoms with Crippen LogP contribution < -0.4 is 10.1 Å². The van der Waals surface area contributed by atoms with Crippen LogP contribution >= 0.6 is 0 Å². The van der Waals surface area contributed by atoms with Crippen molar-refractivity contribution in [1.82, 2.24) is 5.32 Å². The van der Waals surface area contributed by atoms with Crippen LogP contribution in [0.25, 0.3) is 0 Å². The number of nitrogens with one attached hydrogen (secondary N) is 1. The van der Waals surface area contributed by atoms with Gasteiger partial charge in [-0.2, -0.15) is 0 Å². The lowest BCUT2D eigenvalue weighted by atomic mass is 9.90. The summed E-state index contributed by atoms with van der Waals surface area (Å²) in [5.74, 6) is 1.66. The molecule has 1 N–H and O–H groups in total. The molecule has 1 unspecified atom stereocenters. The normalized spacial score (nSPS) is 20.6. The van der Waals surface area contributed by atoms with Crippen molar-refractivity contribution in [3.05, 3.63) is 28.8 Å². The first-order valence-electron chi connectivity index (χ1n) is 5.58. The van der Waals surface area contributed by atoms with Crippen molar-refractivity contribution in [2.75, 3.05) is 20.2 Å². The van der Waals surface area contributed by atoms with Gasteiger partial charge in [0.25, 0.3) is 0 Å². The summed E-state index contributed by atoms with van der Waals surface area (Å²) in [4.78, 5) is 0. The molecule has 0 radical (unpaired) electrons. The fraction of sp³-hybridized carbons (Fsp3) is 0.538. The predicted molar refractivity (Wildman–Crippen MR) is 62.7 cm³/mol. The van der Waals surface area contributed by atoms with Gasteiger partial charge in [-0.05, 0) is 61.6 Å². The topological polar surface area (TPSA) is 21.3 Å². The van der Waals surface area contributed by atoms with Crippen molar-refractivity contribution in [3.8, 4) is 5.75 Å². The van der Waals surface area contributed by atoms with Crippen molar-refractivity contribution in [3.63, 3.8) is 0 Å². The van der Waals surface area contributed by atoms with E-state index < -0.39 is 0 Å². The molecule has 0 spiro atoms. The van der Waals surface area contributed by atoms with Crippen LogP contribution in [0.4, 0.5) is 0 Å². The van der Waals surface area contributed by atoms with Gasteiger partial charge in [-0.3, -0.25) is 0 Å². The zero-order valence-electron chi connectivity index (χ0n) is 9.76. The first-order valence-corrected chi connectivity index (χ1v) is 5.58. The number of methoxy groups -OCH3 is 1. The Morgan fingerprint density at radius 3 is 2.40 bits per heavy atom. The lowest BCUT2D eigenvalue weighted by molar-refractivity contribution is 0.414. The second-order valence-corrected chi connectivity index (χ2v) is 4.36. The number of benzene rings is 1. The molecule has 1 heterocycles. The molecule has 1 atom stereocenters. The van der Waals surface area contributed by atoms with Crippen molar-refractivity contribution >= 4 is 0 Å². The zero-order valence-corrected chi connectivity index (χ0v) is 9.76. The molecule has 1 aliphatic heterocycles. The van der Waals surface area contributed by atoms with Crippen LogP contribution in [0.1, 0.15) is 29.0 Å². The maximum Gasteiger partial charge on any atom is 0.119 e. The van der Waals surface area contributed by atoms with Gasteiger partial charge in [-0.1, -0.05) is 0 Å². The van der Waals surface area contributed by atoms with Crippen LogP contribution in [0.2, 0.25) is 0 Å². The SMILES string of the molecule is COc1cc(C)c(C2CCNC2)c(C)c1. The Bertz CT molecular complexity index is 331. The van der Waals surface area contributed by atoms with E-state index in [9.17, 15) is 0 Å². The monoisotopic (exact) mass is 205 g/mol. The molecular formula is C13H19NO. The number of rotatable bonds is 2. The Hall–Kier alpha value is -1.02. The first-order chi connectivity index (χ1) is 7.22. The fourth-order valence-corrected chi connectivity index (χ4v) is 2.60. The molecule has 15 heavy (non-hydrogen) atoms. The van der Waals surface area contributed by atoms with E-state index in [-0.39, 0.29) is 0 Å². The molecule has 0 aliphatic carbocycles. The highest BCUT2D eigenvalue weighted by Crippen LogP contribution is 2.31. The third-order valence-electron chi connectivity index (χ3n) is 3.27. The van der Waals surface area contributed by atoms with Crippen LogP contribution in [0.3, 0.4) is 0 Å². The van der Waals surface area contributed by atoms with E-state index in [2.05, 4.69) is 31.3 Å². The van der Waals surface area contributed by atoms with E-state index in [0.29, 0.717) is 5.92 Å². The van der Waals surface area contributed by atoms with Gasteiger partial charge in [0, 0.05) is 6.54 Å². The van der Waals surface area contributed by atoms with Gasteiger partial charge in [-0.25, -0.2) is 0 Å². The molecule has 0 bridgehead atoms. The lowest BCUT2D eigenvalue weighted by Gasteiger charge is -2.17. The van der Waals surface area contributed by atoms with Gasteiger partial charge in [0.1, 0.15) is 5.75 Å². The fourth-order valence-electron chi connectivity index (χ4n) is 2.60. The van der Waals surface area contributed by atoms with E-state index in [1.165, 1.54) is 23.1 Å². The number of aryl methyl sites for hydroxylation is 2. The summed E-state index contributed by atoms with van der Waals surface area (Å²) in [5, 5.41) is 3.42. The Kier molecular flexibility index (Phi) is 2.96. The largest absolute Gasteiger partial charge is 0.497 e. The molecule has 1 aliphatic rings. The number of ether oxygens (including phenoxy) is 1. The maximum absolute atomic E-state index is 5.28. The van der Waals surface area contributed by atoms with E-state index in [0.717, 1.165) is 18.8 Å². The van der Waals surface area contributed by atoms with E-state index in [4.69, 9.17) is 4.74 Å². The second-order valence-electron chi connectivity index (χ2n) is 4.36. The van der Waals surface area contributed by atoms with Crippen LogP contribution in [-0.4, -0.2) is 20.2 Å². The standard InChI is InChI=1S/C13H19NO/c1-9-6-12(15-3)7-10(2)13(9)11-4-5-14-8-11/h6-7,11,14H,4-5,8H2,1-3H3. The van der Waals surface area contributed by atoms with Crippen LogP contribution in [0.15, 0.2) is 12.1 Å². The summed E-state index contributed by atoms with van der Waals surface area (Å²) in [6.45, 7) is 6.63. The maximum atomic E-state index is 5.28. The van der Waals surface area contributed by atoms with E-state index in [1.807, 2.05) is 0 Å². The Morgan fingerprint density at radius 2 is 1.93 bits per heavy atom. The molecule has 1 saturated heterocycles. The Morgan fingerprint density at radius 1 is 1.27 bits per heavy atom. The predicted octanol–water partition coefficient (Wildman–Crippen LogP) is 2.39. The molecule has 0 aromatic heterocycles. The molecule has 1 aromatic rings. The Labute approximate surface area is 91.6 Å². The molecule has 2 rings (SSSR count). The highest BCUT2D eigenvalue weighted by Gasteiger charge is 2.20. The number of hydrogen-bond acceptors (Lipinski definition) is 2. The quantitative estimate of drug-likeness (QED) is 0.800. The van der Waals surface area contributed by atoms with Gasteiger partial charge in [0.15, 0.2) is 0 Å². The van der Waals surface area contributed by atoms with Gasteiger partial charge < -0.3 is 10.1 Å². The van der Waals surface area contributed by atoms with Crippen molar-refractivity contribution in [2.45, 2.75) is 26.2 Å². The van der Waals surface area contributed by atoms with Gasteiger partial charge in [0.05, 0.1) is 7.11 Å². The highest BCUT2D eigenvalue weighted by atomic mass is 16.5. The van der Waals surface area contributed by atoms with Gasteiger partial charge >= 0.3 is 0 Å². The van der Waals surface area contributed by atoms with Crippen molar-refractivity contribution in [2.24, 2.45) is 0 Å². The van der Waals surface area contributed by atoms with E-state index in [1.54, 1.807) is 7.11 Å². The van der Waals surface area contributed by atoms with Crippen molar-refractivity contribution in [1.29, 1.82) is 0 Å². The summed E-state index contributed by atoms with van der Waals surface area (Å²) in [6.07, 6.45) is 1.26. The minimum atomic E-state index is 0.691. The highest BCUT2D eigenvalue weighted by molar-refractivity contribution is 5.43. The zero-order chi connectivity index (χ0) is 10.8. The smallest absolute Gasteiger partial charge is 0.119 e. The minimum absolute atomic E-state index is 0.691. The third-order valence-corrected chi connectivity index (χ3v) is 3.27. The lowest BCUT2D eigenvalue weighted by Crippen LogP contribution is -2.10. The molecule has 2 heteroatoms. The molecule has 1 aromatic carbocycles. The number of hydrogen-bond donors (Lipinski definition) is 1. The molecule has 0 amide bonds.